The van der Waals surface area contributed by atoms with E-state index in [1.807, 2.05) is 24.6 Å². The Labute approximate surface area is 158 Å². The van der Waals surface area contributed by atoms with Crippen molar-refractivity contribution < 1.29 is 13.2 Å². The van der Waals surface area contributed by atoms with E-state index in [1.165, 1.54) is 15.6 Å². The van der Waals surface area contributed by atoms with E-state index >= 15 is 0 Å². The lowest BCUT2D eigenvalue weighted by molar-refractivity contribution is -0.115. The first kappa shape index (κ1) is 19.0. The molecule has 0 aliphatic carbocycles. The molecular weight excluding hydrogens is 370 g/mol. The molecule has 0 saturated carbocycles. The van der Waals surface area contributed by atoms with Crippen LogP contribution in [0.15, 0.2) is 40.6 Å². The molecule has 0 radical (unpaired) electrons. The summed E-state index contributed by atoms with van der Waals surface area (Å²) in [7, 11) is -1.58. The maximum absolute atomic E-state index is 13.0. The molecule has 1 N–H and O–H groups in total. The van der Waals surface area contributed by atoms with Crippen molar-refractivity contribution in [1.29, 1.82) is 0 Å². The fraction of sp³-hybridized carbons (Fsp3) is 0.389. The van der Waals surface area contributed by atoms with E-state index in [-0.39, 0.29) is 17.2 Å². The molecule has 1 aliphatic heterocycles. The second kappa shape index (κ2) is 7.87. The van der Waals surface area contributed by atoms with Gasteiger partial charge in [0.05, 0.1) is 11.3 Å². The van der Waals surface area contributed by atoms with E-state index in [1.54, 1.807) is 25.1 Å². The number of hydrogen-bond donors (Lipinski definition) is 1. The summed E-state index contributed by atoms with van der Waals surface area (Å²) < 4.78 is 27.5. The van der Waals surface area contributed by atoms with Gasteiger partial charge in [0.15, 0.2) is 0 Å². The molecule has 2 heterocycles. The molecule has 0 unspecified atom stereocenters. The number of aryl methyl sites for hydroxylation is 1. The van der Waals surface area contributed by atoms with Crippen LogP contribution in [0.1, 0.15) is 10.4 Å². The number of carbonyl (C=O) groups is 1. The zero-order valence-corrected chi connectivity index (χ0v) is 16.6. The first-order valence-electron chi connectivity index (χ1n) is 8.48. The molecule has 6 nitrogen and oxygen atoms in total. The SMILES string of the molecule is Cc1ccc(NC(=O)Cc2cccs2)cc1S(=O)(=O)N1CCN(C)CC1. The number of benzene rings is 1. The minimum Gasteiger partial charge on any atom is -0.326 e. The molecule has 1 aliphatic rings. The third-order valence-corrected chi connectivity index (χ3v) is 7.38. The largest absolute Gasteiger partial charge is 0.326 e. The van der Waals surface area contributed by atoms with Gasteiger partial charge in [-0.3, -0.25) is 4.79 Å². The summed E-state index contributed by atoms with van der Waals surface area (Å²) in [6.45, 7) is 4.17. The lowest BCUT2D eigenvalue weighted by Crippen LogP contribution is -2.47. The fourth-order valence-corrected chi connectivity index (χ4v) is 5.28. The van der Waals surface area contributed by atoms with Crippen LogP contribution in [0.25, 0.3) is 0 Å². The molecular formula is C18H23N3O3S2. The Hall–Kier alpha value is -1.74. The molecule has 1 amide bonds. The average molecular weight is 394 g/mol. The third-order valence-electron chi connectivity index (χ3n) is 4.47. The predicted molar refractivity (Wildman–Crippen MR) is 104 cm³/mol. The van der Waals surface area contributed by atoms with Crippen molar-refractivity contribution in [2.75, 3.05) is 38.5 Å². The van der Waals surface area contributed by atoms with Gasteiger partial charge in [0.1, 0.15) is 0 Å². The number of carbonyl (C=O) groups excluding carboxylic acids is 1. The summed E-state index contributed by atoms with van der Waals surface area (Å²) in [5.41, 5.74) is 1.19. The Morgan fingerprint density at radius 1 is 1.19 bits per heavy atom. The number of piperazine rings is 1. The van der Waals surface area contributed by atoms with Crippen molar-refractivity contribution in [3.05, 3.63) is 46.2 Å². The maximum atomic E-state index is 13.0. The van der Waals surface area contributed by atoms with Crippen LogP contribution >= 0.6 is 11.3 Å². The Kier molecular flexibility index (Phi) is 5.76. The highest BCUT2D eigenvalue weighted by Gasteiger charge is 2.29. The van der Waals surface area contributed by atoms with Gasteiger partial charge in [-0.05, 0) is 43.1 Å². The maximum Gasteiger partial charge on any atom is 0.243 e. The monoisotopic (exact) mass is 393 g/mol. The summed E-state index contributed by atoms with van der Waals surface area (Å²) in [5, 5.41) is 4.73. The summed E-state index contributed by atoms with van der Waals surface area (Å²) in [5.74, 6) is -0.153. The van der Waals surface area contributed by atoms with Gasteiger partial charge in [0.2, 0.25) is 15.9 Å². The summed E-state index contributed by atoms with van der Waals surface area (Å²) in [4.78, 5) is 15.5. The van der Waals surface area contributed by atoms with Crippen molar-refractivity contribution in [3.63, 3.8) is 0 Å². The Bertz CT molecular complexity index is 871. The normalized spacial score (nSPS) is 16.5. The van der Waals surface area contributed by atoms with E-state index in [2.05, 4.69) is 10.2 Å². The molecule has 2 aromatic rings. The molecule has 140 valence electrons. The van der Waals surface area contributed by atoms with Gasteiger partial charge >= 0.3 is 0 Å². The second-order valence-corrected chi connectivity index (χ2v) is 9.43. The van der Waals surface area contributed by atoms with Gasteiger partial charge in [0, 0.05) is 36.7 Å². The molecule has 8 heteroatoms. The van der Waals surface area contributed by atoms with Crippen molar-refractivity contribution in [1.82, 2.24) is 9.21 Å². The molecule has 0 atom stereocenters. The number of likely N-dealkylation sites (N-methyl/N-ethyl adjacent to an activating group) is 1. The number of hydrogen-bond acceptors (Lipinski definition) is 5. The van der Waals surface area contributed by atoms with Crippen molar-refractivity contribution in [2.45, 2.75) is 18.2 Å². The van der Waals surface area contributed by atoms with Gasteiger partial charge in [0.25, 0.3) is 0 Å². The summed E-state index contributed by atoms with van der Waals surface area (Å²) in [6.07, 6.45) is 0.284. The molecule has 1 fully saturated rings. The molecule has 0 bridgehead atoms. The minimum atomic E-state index is -3.57. The number of rotatable bonds is 5. The number of sulfonamides is 1. The lowest BCUT2D eigenvalue weighted by atomic mass is 10.2. The van der Waals surface area contributed by atoms with E-state index in [0.717, 1.165) is 18.0 Å². The van der Waals surface area contributed by atoms with Crippen LogP contribution in [0, 0.1) is 6.92 Å². The van der Waals surface area contributed by atoms with Gasteiger partial charge in [-0.1, -0.05) is 12.1 Å². The van der Waals surface area contributed by atoms with Gasteiger partial charge < -0.3 is 10.2 Å². The molecule has 1 aromatic heterocycles. The smallest absolute Gasteiger partial charge is 0.243 e. The summed E-state index contributed by atoms with van der Waals surface area (Å²) in [6, 6.07) is 8.85. The highest BCUT2D eigenvalue weighted by Crippen LogP contribution is 2.24. The van der Waals surface area contributed by atoms with Crippen LogP contribution in [0.3, 0.4) is 0 Å². The first-order valence-corrected chi connectivity index (χ1v) is 10.8. The van der Waals surface area contributed by atoms with Crippen LogP contribution in [0.4, 0.5) is 5.69 Å². The number of thiophene rings is 1. The zero-order chi connectivity index (χ0) is 18.7. The van der Waals surface area contributed by atoms with Crippen molar-refractivity contribution in [3.8, 4) is 0 Å². The fourth-order valence-electron chi connectivity index (χ4n) is 2.90. The van der Waals surface area contributed by atoms with Crippen molar-refractivity contribution >= 4 is 33.0 Å². The van der Waals surface area contributed by atoms with Gasteiger partial charge in [-0.2, -0.15) is 4.31 Å². The van der Waals surface area contributed by atoms with E-state index in [4.69, 9.17) is 0 Å². The number of nitrogens with zero attached hydrogens (tertiary/aromatic N) is 2. The Morgan fingerprint density at radius 2 is 1.92 bits per heavy atom. The molecule has 3 rings (SSSR count). The van der Waals surface area contributed by atoms with Crippen LogP contribution < -0.4 is 5.32 Å². The lowest BCUT2D eigenvalue weighted by Gasteiger charge is -2.32. The van der Waals surface area contributed by atoms with Gasteiger partial charge in [-0.15, -0.1) is 11.3 Å². The standard InChI is InChI=1S/C18H23N3O3S2/c1-14-5-6-15(19-18(22)13-16-4-3-11-25-16)12-17(14)26(23,24)21-9-7-20(2)8-10-21/h3-6,11-12H,7-10,13H2,1-2H3,(H,19,22). The van der Waals surface area contributed by atoms with E-state index < -0.39 is 10.0 Å². The average Bonchev–Trinajstić information content (AvgIpc) is 3.09. The second-order valence-electron chi connectivity index (χ2n) is 6.49. The molecule has 26 heavy (non-hydrogen) atoms. The number of anilines is 1. The van der Waals surface area contributed by atoms with Gasteiger partial charge in [-0.25, -0.2) is 8.42 Å². The van der Waals surface area contributed by atoms with Crippen molar-refractivity contribution in [2.24, 2.45) is 0 Å². The molecule has 1 saturated heterocycles. The predicted octanol–water partition coefficient (Wildman–Crippen LogP) is 2.17. The molecule has 0 spiro atoms. The van der Waals surface area contributed by atoms with E-state index in [0.29, 0.717) is 24.3 Å². The highest BCUT2D eigenvalue weighted by atomic mass is 32.2. The summed E-state index contributed by atoms with van der Waals surface area (Å²) >= 11 is 1.52. The zero-order valence-electron chi connectivity index (χ0n) is 14.9. The topological polar surface area (TPSA) is 69.7 Å². The molecule has 1 aromatic carbocycles. The van der Waals surface area contributed by atoms with Crippen LogP contribution in [-0.2, 0) is 21.2 Å². The third kappa shape index (κ3) is 4.32. The first-order chi connectivity index (χ1) is 12.4. The number of nitrogens with one attached hydrogen (secondary N) is 1. The van der Waals surface area contributed by atoms with E-state index in [9.17, 15) is 13.2 Å². The van der Waals surface area contributed by atoms with Crippen LogP contribution in [0.2, 0.25) is 0 Å². The minimum absolute atomic E-state index is 0.153. The van der Waals surface area contributed by atoms with Crippen LogP contribution in [-0.4, -0.2) is 56.8 Å². The highest BCUT2D eigenvalue weighted by molar-refractivity contribution is 7.89. The number of amides is 1. The quantitative estimate of drug-likeness (QED) is 0.845. The Balaban J connectivity index is 1.77. The Morgan fingerprint density at radius 3 is 2.58 bits per heavy atom. The van der Waals surface area contributed by atoms with Crippen LogP contribution in [0.5, 0.6) is 0 Å².